The van der Waals surface area contributed by atoms with Gasteiger partial charge in [-0.15, -0.1) is 0 Å². The van der Waals surface area contributed by atoms with Crippen molar-refractivity contribution in [3.05, 3.63) is 18.2 Å². The molecule has 0 radical (unpaired) electrons. The number of amides is 1. The predicted molar refractivity (Wildman–Crippen MR) is 76.7 cm³/mol. The van der Waals surface area contributed by atoms with Crippen molar-refractivity contribution in [2.75, 3.05) is 36.8 Å². The molecule has 0 spiro atoms. The van der Waals surface area contributed by atoms with E-state index in [0.717, 1.165) is 0 Å². The number of rotatable bonds is 2. The second kappa shape index (κ2) is 5.29. The zero-order valence-corrected chi connectivity index (χ0v) is 12.1. The molecule has 1 heterocycles. The van der Waals surface area contributed by atoms with Gasteiger partial charge in [0.25, 0.3) is 0 Å². The largest absolute Gasteiger partial charge is 0.399 e. The maximum absolute atomic E-state index is 11.7. The molecule has 2 rings (SSSR count). The third-order valence-electron chi connectivity index (χ3n) is 3.36. The van der Waals surface area contributed by atoms with Crippen LogP contribution in [0, 0.1) is 0 Å². The van der Waals surface area contributed by atoms with E-state index in [1.807, 2.05) is 4.90 Å². The van der Waals surface area contributed by atoms with E-state index >= 15 is 0 Å². The Kier molecular flexibility index (Phi) is 3.87. The Hall–Kier alpha value is -1.80. The van der Waals surface area contributed by atoms with Gasteiger partial charge in [0.2, 0.25) is 15.9 Å². The topological polar surface area (TPSA) is 110 Å². The molecule has 110 valence electrons. The van der Waals surface area contributed by atoms with Crippen LogP contribution in [0.25, 0.3) is 0 Å². The molecule has 7 nitrogen and oxygen atoms in total. The van der Waals surface area contributed by atoms with Crippen LogP contribution in [0.5, 0.6) is 0 Å². The number of hydrogen-bond donors (Lipinski definition) is 2. The van der Waals surface area contributed by atoms with Crippen LogP contribution in [0.15, 0.2) is 23.1 Å². The van der Waals surface area contributed by atoms with Gasteiger partial charge in [0, 0.05) is 38.8 Å². The maximum Gasteiger partial charge on any atom is 0.240 e. The number of sulfonamides is 1. The van der Waals surface area contributed by atoms with Crippen molar-refractivity contribution < 1.29 is 13.2 Å². The van der Waals surface area contributed by atoms with Gasteiger partial charge in [-0.25, -0.2) is 13.6 Å². The molecule has 0 aliphatic carbocycles. The standard InChI is InChI=1S/C12H18N4O3S/c1-9(17)15-4-6-16(7-5-15)11-3-2-10(13)8-12(11)20(14,18)19/h2-3,8H,4-7,13H2,1H3,(H2,14,18,19). The van der Waals surface area contributed by atoms with Crippen LogP contribution in [0.3, 0.4) is 0 Å². The van der Waals surface area contributed by atoms with Gasteiger partial charge in [0.1, 0.15) is 4.90 Å². The lowest BCUT2D eigenvalue weighted by atomic mass is 10.2. The number of piperazine rings is 1. The summed E-state index contributed by atoms with van der Waals surface area (Å²) in [5, 5.41) is 5.23. The monoisotopic (exact) mass is 298 g/mol. The number of anilines is 2. The summed E-state index contributed by atoms with van der Waals surface area (Å²) in [4.78, 5) is 14.9. The Bertz CT molecular complexity index is 622. The van der Waals surface area contributed by atoms with Crippen molar-refractivity contribution in [1.82, 2.24) is 4.90 Å². The van der Waals surface area contributed by atoms with Crippen molar-refractivity contribution in [3.8, 4) is 0 Å². The Morgan fingerprint density at radius 1 is 1.20 bits per heavy atom. The van der Waals surface area contributed by atoms with Crippen LogP contribution in [-0.4, -0.2) is 45.4 Å². The first-order chi connectivity index (χ1) is 9.29. The molecule has 20 heavy (non-hydrogen) atoms. The Labute approximate surface area is 118 Å². The smallest absolute Gasteiger partial charge is 0.240 e. The first kappa shape index (κ1) is 14.6. The summed E-state index contributed by atoms with van der Waals surface area (Å²) in [6.07, 6.45) is 0. The van der Waals surface area contributed by atoms with Crippen LogP contribution < -0.4 is 15.8 Å². The molecular weight excluding hydrogens is 280 g/mol. The molecule has 1 aliphatic heterocycles. The average molecular weight is 298 g/mol. The molecule has 1 aliphatic rings. The Morgan fingerprint density at radius 3 is 2.30 bits per heavy atom. The van der Waals surface area contributed by atoms with Gasteiger partial charge in [-0.05, 0) is 18.2 Å². The van der Waals surface area contributed by atoms with Crippen LogP contribution in [0.2, 0.25) is 0 Å². The van der Waals surface area contributed by atoms with Gasteiger partial charge in [-0.2, -0.15) is 0 Å². The molecule has 0 aromatic heterocycles. The normalized spacial score (nSPS) is 16.3. The van der Waals surface area contributed by atoms with Crippen molar-refractivity contribution >= 4 is 27.3 Å². The fourth-order valence-corrected chi connectivity index (χ4v) is 3.07. The van der Waals surface area contributed by atoms with E-state index in [1.165, 1.54) is 13.0 Å². The summed E-state index contributed by atoms with van der Waals surface area (Å²) >= 11 is 0. The van der Waals surface area contributed by atoms with Crippen LogP contribution in [0.4, 0.5) is 11.4 Å². The lowest BCUT2D eigenvalue weighted by molar-refractivity contribution is -0.129. The maximum atomic E-state index is 11.7. The summed E-state index contributed by atoms with van der Waals surface area (Å²) in [5.74, 6) is 0.0219. The number of nitrogens with two attached hydrogens (primary N) is 2. The second-order valence-electron chi connectivity index (χ2n) is 4.77. The fraction of sp³-hybridized carbons (Fsp3) is 0.417. The molecule has 8 heteroatoms. The molecular formula is C12H18N4O3S. The number of hydrogen-bond acceptors (Lipinski definition) is 5. The first-order valence-corrected chi connectivity index (χ1v) is 7.76. The van der Waals surface area contributed by atoms with Crippen LogP contribution in [-0.2, 0) is 14.8 Å². The summed E-state index contributed by atoms with van der Waals surface area (Å²) in [7, 11) is -3.84. The third kappa shape index (κ3) is 3.02. The minimum atomic E-state index is -3.84. The number of carbonyl (C=O) groups is 1. The number of carbonyl (C=O) groups excluding carboxylic acids is 1. The van der Waals surface area contributed by atoms with Crippen molar-refractivity contribution in [3.63, 3.8) is 0 Å². The number of benzene rings is 1. The van der Waals surface area contributed by atoms with Crippen molar-refractivity contribution in [2.45, 2.75) is 11.8 Å². The highest BCUT2D eigenvalue weighted by Crippen LogP contribution is 2.27. The van der Waals surface area contributed by atoms with E-state index in [0.29, 0.717) is 37.6 Å². The van der Waals surface area contributed by atoms with Gasteiger partial charge >= 0.3 is 0 Å². The van der Waals surface area contributed by atoms with E-state index in [1.54, 1.807) is 17.0 Å². The van der Waals surface area contributed by atoms with E-state index in [2.05, 4.69) is 0 Å². The van der Waals surface area contributed by atoms with Gasteiger partial charge in [0.15, 0.2) is 0 Å². The van der Waals surface area contributed by atoms with Crippen molar-refractivity contribution in [1.29, 1.82) is 0 Å². The van der Waals surface area contributed by atoms with Crippen LogP contribution in [0.1, 0.15) is 6.92 Å². The molecule has 1 aromatic rings. The van der Waals surface area contributed by atoms with E-state index < -0.39 is 10.0 Å². The molecule has 1 fully saturated rings. The van der Waals surface area contributed by atoms with Gasteiger partial charge in [0.05, 0.1) is 5.69 Å². The SMILES string of the molecule is CC(=O)N1CCN(c2ccc(N)cc2S(N)(=O)=O)CC1. The molecule has 4 N–H and O–H groups in total. The molecule has 0 bridgehead atoms. The fourth-order valence-electron chi connectivity index (χ4n) is 2.28. The van der Waals surface area contributed by atoms with Crippen LogP contribution >= 0.6 is 0 Å². The summed E-state index contributed by atoms with van der Waals surface area (Å²) in [5.41, 5.74) is 6.50. The molecule has 1 saturated heterocycles. The molecule has 0 saturated carbocycles. The van der Waals surface area contributed by atoms with Gasteiger partial charge < -0.3 is 15.5 Å². The zero-order chi connectivity index (χ0) is 14.9. The highest BCUT2D eigenvalue weighted by molar-refractivity contribution is 7.89. The predicted octanol–water partition coefficient (Wildman–Crippen LogP) is -0.415. The second-order valence-corrected chi connectivity index (χ2v) is 6.30. The zero-order valence-electron chi connectivity index (χ0n) is 11.2. The lowest BCUT2D eigenvalue weighted by Crippen LogP contribution is -2.48. The Balaban J connectivity index is 2.29. The lowest BCUT2D eigenvalue weighted by Gasteiger charge is -2.36. The number of nitrogens with zero attached hydrogens (tertiary/aromatic N) is 2. The van der Waals surface area contributed by atoms with E-state index in [9.17, 15) is 13.2 Å². The van der Waals surface area contributed by atoms with Gasteiger partial charge in [-0.3, -0.25) is 4.79 Å². The van der Waals surface area contributed by atoms with E-state index in [-0.39, 0.29) is 10.8 Å². The minimum Gasteiger partial charge on any atom is -0.399 e. The molecule has 0 atom stereocenters. The molecule has 0 unspecified atom stereocenters. The Morgan fingerprint density at radius 2 is 1.80 bits per heavy atom. The quantitative estimate of drug-likeness (QED) is 0.721. The summed E-state index contributed by atoms with van der Waals surface area (Å²) in [6, 6.07) is 4.65. The number of nitrogen functional groups attached to an aromatic ring is 1. The molecule has 1 amide bonds. The van der Waals surface area contributed by atoms with E-state index in [4.69, 9.17) is 10.9 Å². The minimum absolute atomic E-state index is 0.0219. The number of primary sulfonamides is 1. The van der Waals surface area contributed by atoms with Gasteiger partial charge in [-0.1, -0.05) is 0 Å². The highest BCUT2D eigenvalue weighted by atomic mass is 32.2. The van der Waals surface area contributed by atoms with Crippen molar-refractivity contribution in [2.24, 2.45) is 5.14 Å². The highest BCUT2D eigenvalue weighted by Gasteiger charge is 2.23. The first-order valence-electron chi connectivity index (χ1n) is 6.22. The summed E-state index contributed by atoms with van der Waals surface area (Å²) < 4.78 is 23.3. The third-order valence-corrected chi connectivity index (χ3v) is 4.30. The average Bonchev–Trinajstić information content (AvgIpc) is 2.38. The summed E-state index contributed by atoms with van der Waals surface area (Å²) in [6.45, 7) is 3.76. The molecule has 1 aromatic carbocycles.